The Hall–Kier alpha value is -9.90. The Kier molecular flexibility index (Phi) is 16.6. The van der Waals surface area contributed by atoms with Crippen molar-refractivity contribution >= 4 is 43.6 Å². The van der Waals surface area contributed by atoms with Crippen LogP contribution in [-0.2, 0) is 5.41 Å². The molecule has 0 N–H and O–H groups in total. The van der Waals surface area contributed by atoms with Gasteiger partial charge in [0.2, 0.25) is 5.95 Å². The van der Waals surface area contributed by atoms with Crippen LogP contribution in [0, 0.1) is 13.8 Å². The SMILES string of the molecule is CCCCCCCCC1(CCCCCCCC)c2cc(-c3ccc(-c4ccc(C)cc4)cc3)ccc2-c2ccc(-c3cc(C)cc(-n4c5ccccc5c5ccc(-c6ccc7c(c6)c6ccccc6n7-c6nc(-c7ccccc7)cc(-c7ccccc7)n6)cc54)c3)cc21. The van der Waals surface area contributed by atoms with Crippen molar-refractivity contribution in [3.63, 3.8) is 0 Å². The van der Waals surface area contributed by atoms with Crippen molar-refractivity contribution in [2.24, 2.45) is 0 Å². The second kappa shape index (κ2) is 26.0. The molecule has 0 atom stereocenters. The average Bonchev–Trinajstić information content (AvgIpc) is 1.58. The van der Waals surface area contributed by atoms with Gasteiger partial charge in [0.15, 0.2) is 0 Å². The van der Waals surface area contributed by atoms with Gasteiger partial charge in [0.05, 0.1) is 33.5 Å². The van der Waals surface area contributed by atoms with Gasteiger partial charge in [-0.1, -0.05) is 291 Å². The lowest BCUT2D eigenvalue weighted by Gasteiger charge is -2.33. The molecule has 1 aliphatic carbocycles. The zero-order chi connectivity index (χ0) is 62.8. The summed E-state index contributed by atoms with van der Waals surface area (Å²) in [5.74, 6) is 0.647. The van der Waals surface area contributed by atoms with Gasteiger partial charge in [-0.15, -0.1) is 0 Å². The monoisotopic (exact) mass is 1210 g/mol. The van der Waals surface area contributed by atoms with Crippen molar-refractivity contribution < 1.29 is 0 Å². The van der Waals surface area contributed by atoms with E-state index in [0.29, 0.717) is 5.95 Å². The summed E-state index contributed by atoms with van der Waals surface area (Å²) >= 11 is 0. The number of unbranched alkanes of at least 4 members (excludes halogenated alkanes) is 10. The third-order valence-corrected chi connectivity index (χ3v) is 20.3. The Morgan fingerprint density at radius 2 is 0.731 bits per heavy atom. The molecule has 0 saturated carbocycles. The van der Waals surface area contributed by atoms with Gasteiger partial charge in [-0.3, -0.25) is 4.57 Å². The minimum atomic E-state index is -0.0883. The molecule has 11 aromatic carbocycles. The molecule has 3 aromatic heterocycles. The molecule has 0 unspecified atom stereocenters. The third-order valence-electron chi connectivity index (χ3n) is 20.3. The molecule has 0 aliphatic heterocycles. The topological polar surface area (TPSA) is 35.6 Å². The van der Waals surface area contributed by atoms with Crippen LogP contribution in [0.4, 0.5) is 0 Å². The fourth-order valence-electron chi connectivity index (χ4n) is 15.4. The van der Waals surface area contributed by atoms with Crippen LogP contribution in [0.15, 0.2) is 255 Å². The van der Waals surface area contributed by atoms with Crippen molar-refractivity contribution in [3.05, 3.63) is 277 Å². The molecule has 93 heavy (non-hydrogen) atoms. The summed E-state index contributed by atoms with van der Waals surface area (Å²) in [5.41, 5.74) is 27.9. The van der Waals surface area contributed by atoms with Crippen LogP contribution in [0.25, 0.3) is 133 Å². The summed E-state index contributed by atoms with van der Waals surface area (Å²) in [5, 5.41) is 4.81. The van der Waals surface area contributed by atoms with Gasteiger partial charge in [-0.25, -0.2) is 9.97 Å². The minimum absolute atomic E-state index is 0.0883. The van der Waals surface area contributed by atoms with Gasteiger partial charge in [0, 0.05) is 43.8 Å². The van der Waals surface area contributed by atoms with Gasteiger partial charge in [0.25, 0.3) is 0 Å². The zero-order valence-electron chi connectivity index (χ0n) is 54.4. The Bertz CT molecular complexity index is 4930. The summed E-state index contributed by atoms with van der Waals surface area (Å²) < 4.78 is 4.77. The summed E-state index contributed by atoms with van der Waals surface area (Å²) in [6.07, 6.45) is 17.8. The van der Waals surface area contributed by atoms with Crippen molar-refractivity contribution in [3.8, 4) is 89.8 Å². The second-order valence-electron chi connectivity index (χ2n) is 26.5. The number of rotatable bonds is 22. The van der Waals surface area contributed by atoms with Crippen molar-refractivity contribution in [1.29, 1.82) is 0 Å². The second-order valence-corrected chi connectivity index (χ2v) is 26.5. The van der Waals surface area contributed by atoms with Crippen molar-refractivity contribution in [1.82, 2.24) is 19.1 Å². The molecule has 15 rings (SSSR count). The quantitative estimate of drug-likeness (QED) is 0.0634. The summed E-state index contributed by atoms with van der Waals surface area (Å²) in [7, 11) is 0. The van der Waals surface area contributed by atoms with E-state index in [1.807, 2.05) is 0 Å². The predicted octanol–water partition coefficient (Wildman–Crippen LogP) is 25.1. The number of nitrogens with zero attached hydrogens (tertiary/aromatic N) is 4. The average molecular weight is 1210 g/mol. The van der Waals surface area contributed by atoms with Gasteiger partial charge in [-0.05, 0) is 160 Å². The van der Waals surface area contributed by atoms with Crippen LogP contribution in [0.2, 0.25) is 0 Å². The fourth-order valence-corrected chi connectivity index (χ4v) is 15.4. The maximum atomic E-state index is 5.32. The first-order valence-corrected chi connectivity index (χ1v) is 34.5. The summed E-state index contributed by atoms with van der Waals surface area (Å²) in [4.78, 5) is 10.6. The maximum Gasteiger partial charge on any atom is 0.235 e. The molecule has 4 heteroatoms. The predicted molar refractivity (Wildman–Crippen MR) is 395 cm³/mol. The first-order valence-electron chi connectivity index (χ1n) is 34.5. The Balaban J connectivity index is 0.823. The Labute approximate surface area is 549 Å². The minimum Gasteiger partial charge on any atom is -0.309 e. The van der Waals surface area contributed by atoms with Gasteiger partial charge >= 0.3 is 0 Å². The molecule has 0 spiro atoms. The van der Waals surface area contributed by atoms with Crippen molar-refractivity contribution in [2.45, 2.75) is 123 Å². The fraction of sp³-hybridized carbons (Fsp3) is 0.213. The van der Waals surface area contributed by atoms with E-state index in [9.17, 15) is 0 Å². The number of hydrogen-bond donors (Lipinski definition) is 0. The van der Waals surface area contributed by atoms with Crippen LogP contribution in [-0.4, -0.2) is 19.1 Å². The molecule has 14 aromatic rings. The molecular formula is C89H82N4. The first kappa shape index (κ1) is 59.4. The lowest BCUT2D eigenvalue weighted by molar-refractivity contribution is 0.398. The van der Waals surface area contributed by atoms with E-state index in [0.717, 1.165) is 62.7 Å². The van der Waals surface area contributed by atoms with E-state index in [4.69, 9.17) is 9.97 Å². The van der Waals surface area contributed by atoms with Crippen LogP contribution in [0.5, 0.6) is 0 Å². The Morgan fingerprint density at radius 3 is 1.33 bits per heavy atom. The molecule has 0 saturated heterocycles. The van der Waals surface area contributed by atoms with Gasteiger partial charge in [-0.2, -0.15) is 0 Å². The van der Waals surface area contributed by atoms with Crippen LogP contribution >= 0.6 is 0 Å². The molecule has 458 valence electrons. The molecule has 3 heterocycles. The van der Waals surface area contributed by atoms with E-state index >= 15 is 0 Å². The highest BCUT2D eigenvalue weighted by atomic mass is 15.2. The highest BCUT2D eigenvalue weighted by molar-refractivity contribution is 6.12. The van der Waals surface area contributed by atoms with E-state index in [1.54, 1.807) is 0 Å². The van der Waals surface area contributed by atoms with Gasteiger partial charge < -0.3 is 4.57 Å². The van der Waals surface area contributed by atoms with E-state index in [-0.39, 0.29) is 5.41 Å². The first-order chi connectivity index (χ1) is 45.8. The molecule has 0 radical (unpaired) electrons. The van der Waals surface area contributed by atoms with E-state index < -0.39 is 0 Å². The number of aromatic nitrogens is 4. The molecule has 0 amide bonds. The largest absolute Gasteiger partial charge is 0.309 e. The number of benzene rings is 11. The summed E-state index contributed by atoms with van der Waals surface area (Å²) in [6, 6.07) is 95.3. The van der Waals surface area contributed by atoms with Crippen LogP contribution in [0.3, 0.4) is 0 Å². The standard InChI is InChI=1S/C89H82N4/c1-5-7-9-11-13-25-51-89(52-26-14-12-10-8-6-2)80-57-69(65-41-39-64(40-42-65)63-37-35-61(3)36-38-63)43-47-74(80)75-48-44-70(58-81(75)89)72-53-62(4)54-73(55-72)92-84-33-23-21-31-76(84)78-49-45-71(59-87(78)92)68-46-50-86-79(56-68)77-32-22-24-34-85(77)93(86)88-90-82(66-27-17-15-18-28-66)60-83(91-88)67-29-19-16-20-30-67/h15-24,27-50,53-60H,5-14,25-26,51-52H2,1-4H3. The highest BCUT2D eigenvalue weighted by Crippen LogP contribution is 2.56. The molecule has 0 bridgehead atoms. The summed E-state index contributed by atoms with van der Waals surface area (Å²) in [6.45, 7) is 9.10. The molecule has 1 aliphatic rings. The third kappa shape index (κ3) is 11.5. The number of para-hydroxylation sites is 2. The Morgan fingerprint density at radius 1 is 0.290 bits per heavy atom. The smallest absolute Gasteiger partial charge is 0.235 e. The molecule has 0 fully saturated rings. The normalized spacial score (nSPS) is 12.6. The van der Waals surface area contributed by atoms with Crippen LogP contribution in [0.1, 0.15) is 126 Å². The van der Waals surface area contributed by atoms with E-state index in [2.05, 4.69) is 292 Å². The number of fused-ring (bicyclic) bond motifs is 9. The lowest BCUT2D eigenvalue weighted by atomic mass is 9.70. The van der Waals surface area contributed by atoms with Gasteiger partial charge in [0.1, 0.15) is 0 Å². The zero-order valence-corrected chi connectivity index (χ0v) is 54.4. The van der Waals surface area contributed by atoms with Crippen molar-refractivity contribution in [2.75, 3.05) is 0 Å². The number of hydrogen-bond acceptors (Lipinski definition) is 2. The number of aryl methyl sites for hydroxylation is 2. The maximum absolute atomic E-state index is 5.32. The molecular weight excluding hydrogens is 1130 g/mol. The lowest BCUT2D eigenvalue weighted by Crippen LogP contribution is -2.25. The molecule has 4 nitrogen and oxygen atoms in total. The van der Waals surface area contributed by atoms with E-state index in [1.165, 1.54) is 177 Å². The van der Waals surface area contributed by atoms with Crippen LogP contribution < -0.4 is 0 Å². The highest BCUT2D eigenvalue weighted by Gasteiger charge is 2.43.